The molecule has 0 aromatic heterocycles. The number of hydrogen-bond acceptors (Lipinski definition) is 7. The van der Waals surface area contributed by atoms with E-state index in [9.17, 15) is 19.5 Å². The van der Waals surface area contributed by atoms with E-state index in [1.54, 1.807) is 0 Å². The lowest BCUT2D eigenvalue weighted by molar-refractivity contribution is -0.145. The Morgan fingerprint density at radius 1 is 0.974 bits per heavy atom. The maximum atomic E-state index is 12.3. The van der Waals surface area contributed by atoms with Crippen LogP contribution in [-0.4, -0.2) is 65.1 Å². The van der Waals surface area contributed by atoms with E-state index in [-0.39, 0.29) is 12.6 Å². The minimum absolute atomic E-state index is 0.145. The first-order valence-corrected chi connectivity index (χ1v) is 13.9. The molecule has 0 spiro atoms. The fourth-order valence-corrected chi connectivity index (χ4v) is 6.66. The summed E-state index contributed by atoms with van der Waals surface area (Å²) in [4.78, 5) is 31.4. The highest BCUT2D eigenvalue weighted by Crippen LogP contribution is 2.61. The van der Waals surface area contributed by atoms with Crippen LogP contribution in [0.3, 0.4) is 0 Å². The number of aliphatic carboxylic acids is 2. The van der Waals surface area contributed by atoms with Crippen molar-refractivity contribution in [3.05, 3.63) is 42.0 Å². The second-order valence-corrected chi connectivity index (χ2v) is 11.7. The molecule has 0 radical (unpaired) electrons. The number of carbonyl (C=O) groups excluding carboxylic acids is 1. The van der Waals surface area contributed by atoms with E-state index >= 15 is 0 Å². The molecule has 216 valence electrons. The number of carboxylic acids is 2. The molecule has 4 saturated carbocycles. The van der Waals surface area contributed by atoms with Gasteiger partial charge in [0.05, 0.1) is 13.0 Å². The molecule has 9 heteroatoms. The predicted octanol–water partition coefficient (Wildman–Crippen LogP) is 3.83. The van der Waals surface area contributed by atoms with Crippen molar-refractivity contribution in [2.75, 3.05) is 19.8 Å². The van der Waals surface area contributed by atoms with E-state index in [0.29, 0.717) is 48.9 Å². The molecule has 39 heavy (non-hydrogen) atoms. The van der Waals surface area contributed by atoms with Crippen molar-refractivity contribution in [1.82, 2.24) is 5.32 Å². The quantitative estimate of drug-likeness (QED) is 0.215. The van der Waals surface area contributed by atoms with Crippen molar-refractivity contribution in [3.63, 3.8) is 0 Å². The molecule has 1 aromatic rings. The van der Waals surface area contributed by atoms with Crippen molar-refractivity contribution in [2.24, 2.45) is 23.2 Å². The van der Waals surface area contributed by atoms with Crippen LogP contribution >= 0.6 is 0 Å². The molecule has 5 rings (SSSR count). The molecular formula is C30H43NO8. The predicted molar refractivity (Wildman–Crippen MR) is 145 cm³/mol. The lowest BCUT2D eigenvalue weighted by Gasteiger charge is -2.57. The van der Waals surface area contributed by atoms with Crippen LogP contribution in [0.4, 0.5) is 0 Å². The van der Waals surface area contributed by atoms with Gasteiger partial charge in [0, 0.05) is 24.7 Å². The average Bonchev–Trinajstić information content (AvgIpc) is 2.85. The summed E-state index contributed by atoms with van der Waals surface area (Å²) in [7, 11) is 0. The van der Waals surface area contributed by atoms with Crippen LogP contribution in [0.2, 0.25) is 0 Å². The number of nitrogens with one attached hydrogen (secondary N) is 1. The third-order valence-corrected chi connectivity index (χ3v) is 7.90. The number of aliphatic hydroxyl groups is 1. The van der Waals surface area contributed by atoms with Crippen molar-refractivity contribution in [2.45, 2.75) is 77.4 Å². The van der Waals surface area contributed by atoms with Gasteiger partial charge in [-0.15, -0.1) is 0 Å². The SMILES string of the molecule is CC(C)NCC(O)COc1ccc(CC(=O)OCCC23CC4CC(CC(C4)C2)C3)cc1.O=C(O)/C=C\C(=O)O. The zero-order valence-corrected chi connectivity index (χ0v) is 23.0. The highest BCUT2D eigenvalue weighted by Gasteiger charge is 2.50. The Morgan fingerprint density at radius 2 is 1.51 bits per heavy atom. The van der Waals surface area contributed by atoms with E-state index in [1.165, 1.54) is 38.5 Å². The van der Waals surface area contributed by atoms with Gasteiger partial charge in [-0.3, -0.25) is 4.79 Å². The Morgan fingerprint density at radius 3 is 2.00 bits per heavy atom. The van der Waals surface area contributed by atoms with Crippen molar-refractivity contribution in [1.29, 1.82) is 0 Å². The third-order valence-electron chi connectivity index (χ3n) is 7.90. The Kier molecular flexibility index (Phi) is 11.4. The van der Waals surface area contributed by atoms with Crippen LogP contribution in [0.1, 0.15) is 64.4 Å². The number of carboxylic acid groups (broad SMARTS) is 2. The molecular weight excluding hydrogens is 502 g/mol. The van der Waals surface area contributed by atoms with Gasteiger partial charge in [0.15, 0.2) is 0 Å². The minimum atomic E-state index is -1.26. The molecule has 4 fully saturated rings. The monoisotopic (exact) mass is 545 g/mol. The Hall–Kier alpha value is -2.91. The summed E-state index contributed by atoms with van der Waals surface area (Å²) in [5.74, 6) is 0.858. The summed E-state index contributed by atoms with van der Waals surface area (Å²) in [5, 5.41) is 28.7. The summed E-state index contributed by atoms with van der Waals surface area (Å²) in [6.45, 7) is 5.39. The maximum absolute atomic E-state index is 12.3. The fraction of sp³-hybridized carbons (Fsp3) is 0.633. The van der Waals surface area contributed by atoms with Gasteiger partial charge < -0.3 is 30.1 Å². The van der Waals surface area contributed by atoms with E-state index < -0.39 is 18.0 Å². The van der Waals surface area contributed by atoms with Crippen LogP contribution in [-0.2, 0) is 25.5 Å². The summed E-state index contributed by atoms with van der Waals surface area (Å²) in [5.41, 5.74) is 1.39. The van der Waals surface area contributed by atoms with Gasteiger partial charge in [-0.25, -0.2) is 9.59 Å². The standard InChI is InChI=1S/C26H39NO4.C4H4O4/c1-18(2)27-16-23(28)17-31-24-5-3-19(4-6-24)12-25(29)30-8-7-26-13-20-9-21(14-26)11-22(10-20)15-26;5-3(6)1-2-4(7)8/h3-6,18,20-23,27-28H,7-17H2,1-2H3;1-2H,(H,5,6)(H,7,8)/b;2-1-. The summed E-state index contributed by atoms with van der Waals surface area (Å²) >= 11 is 0. The van der Waals surface area contributed by atoms with Crippen LogP contribution in [0.25, 0.3) is 0 Å². The van der Waals surface area contributed by atoms with Gasteiger partial charge in [-0.1, -0.05) is 26.0 Å². The van der Waals surface area contributed by atoms with E-state index in [0.717, 1.165) is 29.7 Å². The van der Waals surface area contributed by atoms with Gasteiger partial charge in [0.2, 0.25) is 0 Å². The summed E-state index contributed by atoms with van der Waals surface area (Å²) in [6.07, 6.45) is 10.3. The first kappa shape index (κ1) is 30.6. The van der Waals surface area contributed by atoms with Crippen LogP contribution in [0.5, 0.6) is 5.75 Å². The molecule has 1 aromatic carbocycles. The molecule has 0 aliphatic heterocycles. The zero-order chi connectivity index (χ0) is 28.4. The molecule has 1 atom stereocenters. The average molecular weight is 546 g/mol. The highest BCUT2D eigenvalue weighted by molar-refractivity contribution is 5.89. The van der Waals surface area contributed by atoms with Crippen LogP contribution in [0.15, 0.2) is 36.4 Å². The molecule has 4 N–H and O–H groups in total. The number of carbonyl (C=O) groups is 3. The number of aliphatic hydroxyl groups excluding tert-OH is 1. The van der Waals surface area contributed by atoms with Crippen molar-refractivity contribution >= 4 is 17.9 Å². The second-order valence-electron chi connectivity index (χ2n) is 11.7. The molecule has 4 bridgehead atoms. The smallest absolute Gasteiger partial charge is 0.328 e. The van der Waals surface area contributed by atoms with Gasteiger partial charge in [0.25, 0.3) is 0 Å². The van der Waals surface area contributed by atoms with Crippen LogP contribution < -0.4 is 10.1 Å². The Labute approximate surface area is 230 Å². The summed E-state index contributed by atoms with van der Waals surface area (Å²) in [6, 6.07) is 7.82. The molecule has 4 aliphatic rings. The van der Waals surface area contributed by atoms with Gasteiger partial charge in [-0.05, 0) is 85.8 Å². The first-order valence-electron chi connectivity index (χ1n) is 13.9. The third kappa shape index (κ3) is 10.6. The fourth-order valence-electron chi connectivity index (χ4n) is 6.66. The molecule has 4 aliphatic carbocycles. The molecule has 9 nitrogen and oxygen atoms in total. The number of rotatable bonds is 13. The summed E-state index contributed by atoms with van der Waals surface area (Å²) < 4.78 is 11.3. The van der Waals surface area contributed by atoms with Gasteiger partial charge in [-0.2, -0.15) is 0 Å². The number of benzene rings is 1. The normalized spacial score (nSPS) is 25.7. The van der Waals surface area contributed by atoms with Crippen LogP contribution in [0, 0.1) is 23.2 Å². The number of hydrogen-bond donors (Lipinski definition) is 4. The first-order chi connectivity index (χ1) is 18.5. The largest absolute Gasteiger partial charge is 0.491 e. The van der Waals surface area contributed by atoms with E-state index in [4.69, 9.17) is 19.7 Å². The zero-order valence-electron chi connectivity index (χ0n) is 23.0. The Bertz CT molecular complexity index is 936. The highest BCUT2D eigenvalue weighted by atomic mass is 16.5. The maximum Gasteiger partial charge on any atom is 0.328 e. The van der Waals surface area contributed by atoms with Gasteiger partial charge >= 0.3 is 17.9 Å². The lowest BCUT2D eigenvalue weighted by atomic mass is 9.49. The van der Waals surface area contributed by atoms with E-state index in [2.05, 4.69) is 5.32 Å². The van der Waals surface area contributed by atoms with Crippen molar-refractivity contribution in [3.8, 4) is 5.75 Å². The van der Waals surface area contributed by atoms with Gasteiger partial charge in [0.1, 0.15) is 18.5 Å². The minimum Gasteiger partial charge on any atom is -0.491 e. The molecule has 0 amide bonds. The second kappa shape index (κ2) is 14.5. The topological polar surface area (TPSA) is 142 Å². The van der Waals surface area contributed by atoms with E-state index in [1.807, 2.05) is 38.1 Å². The molecule has 1 unspecified atom stereocenters. The molecule has 0 heterocycles. The Balaban J connectivity index is 0.000000459. The lowest BCUT2D eigenvalue weighted by Crippen LogP contribution is -2.46. The molecule has 0 saturated heterocycles. The van der Waals surface area contributed by atoms with Crippen molar-refractivity contribution < 1.29 is 39.2 Å². The number of esters is 1. The number of ether oxygens (including phenoxy) is 2.